The third kappa shape index (κ3) is 5.77. The summed E-state index contributed by atoms with van der Waals surface area (Å²) >= 11 is 0. The average Bonchev–Trinajstić information content (AvgIpc) is 2.82. The van der Waals surface area contributed by atoms with Crippen LogP contribution in [0.25, 0.3) is 0 Å². The van der Waals surface area contributed by atoms with E-state index in [0.717, 1.165) is 11.1 Å². The molecule has 0 aliphatic carbocycles. The zero-order valence-electron chi connectivity index (χ0n) is 17.5. The van der Waals surface area contributed by atoms with Gasteiger partial charge in [0.1, 0.15) is 23.0 Å². The number of phenols is 2. The van der Waals surface area contributed by atoms with Crippen LogP contribution in [0, 0.1) is 0 Å². The minimum atomic E-state index is -0.500. The summed E-state index contributed by atoms with van der Waals surface area (Å²) in [5.41, 5.74) is 2.74. The Morgan fingerprint density at radius 2 is 0.848 bits per heavy atom. The smallest absolute Gasteiger partial charge is 0.343 e. The summed E-state index contributed by atoms with van der Waals surface area (Å²) in [5, 5.41) is 18.6. The highest BCUT2D eigenvalue weighted by Crippen LogP contribution is 2.20. The molecule has 0 fully saturated rings. The summed E-state index contributed by atoms with van der Waals surface area (Å²) < 4.78 is 10.7. The summed E-state index contributed by atoms with van der Waals surface area (Å²) in [6, 6.07) is 26.1. The van der Waals surface area contributed by atoms with Crippen molar-refractivity contribution >= 4 is 11.9 Å². The first-order chi connectivity index (χ1) is 16.0. The fourth-order valence-corrected chi connectivity index (χ4v) is 3.11. The maximum Gasteiger partial charge on any atom is 0.343 e. The van der Waals surface area contributed by atoms with Gasteiger partial charge in [0, 0.05) is 0 Å². The van der Waals surface area contributed by atoms with Crippen molar-refractivity contribution in [3.8, 4) is 23.0 Å². The molecule has 164 valence electrons. The molecule has 4 aromatic carbocycles. The summed E-state index contributed by atoms with van der Waals surface area (Å²) in [5.74, 6) is 0.0147. The standard InChI is InChI=1S/C27H20O6/c28-22-9-5-20(6-10-22)26(30)32-24-13-1-18(2-14-24)17-19-3-15-25(16-4-19)33-27(31)21-7-11-23(29)12-8-21/h1-16,28-29H,17H2. The SMILES string of the molecule is O=C(Oc1ccc(Cc2ccc(OC(=O)c3ccc(O)cc3)cc2)cc1)c1ccc(O)cc1. The van der Waals surface area contributed by atoms with Gasteiger partial charge in [-0.2, -0.15) is 0 Å². The first-order valence-corrected chi connectivity index (χ1v) is 10.2. The zero-order valence-corrected chi connectivity index (χ0v) is 17.5. The minimum Gasteiger partial charge on any atom is -0.508 e. The molecular formula is C27H20O6. The van der Waals surface area contributed by atoms with Gasteiger partial charge in [-0.15, -0.1) is 0 Å². The fourth-order valence-electron chi connectivity index (χ4n) is 3.11. The predicted molar refractivity (Wildman–Crippen MR) is 122 cm³/mol. The van der Waals surface area contributed by atoms with Gasteiger partial charge in [0.25, 0.3) is 0 Å². The number of hydrogen-bond donors (Lipinski definition) is 2. The molecule has 0 amide bonds. The molecule has 0 aromatic heterocycles. The summed E-state index contributed by atoms with van der Waals surface area (Å²) in [4.78, 5) is 24.3. The van der Waals surface area contributed by atoms with Crippen molar-refractivity contribution in [1.29, 1.82) is 0 Å². The van der Waals surface area contributed by atoms with E-state index < -0.39 is 11.9 Å². The summed E-state index contributed by atoms with van der Waals surface area (Å²) in [6.45, 7) is 0. The molecule has 0 spiro atoms. The fraction of sp³-hybridized carbons (Fsp3) is 0.0370. The van der Waals surface area contributed by atoms with Gasteiger partial charge >= 0.3 is 11.9 Å². The zero-order chi connectivity index (χ0) is 23.2. The molecule has 0 radical (unpaired) electrons. The van der Waals surface area contributed by atoms with E-state index in [0.29, 0.717) is 29.0 Å². The van der Waals surface area contributed by atoms with Crippen LogP contribution in [0.3, 0.4) is 0 Å². The highest BCUT2D eigenvalue weighted by molar-refractivity contribution is 5.91. The maximum absolute atomic E-state index is 12.2. The van der Waals surface area contributed by atoms with Gasteiger partial charge in [-0.05, 0) is 90.3 Å². The second kappa shape index (κ2) is 9.70. The summed E-state index contributed by atoms with van der Waals surface area (Å²) in [6.07, 6.45) is 0.651. The molecule has 6 heteroatoms. The van der Waals surface area contributed by atoms with Crippen LogP contribution < -0.4 is 9.47 Å². The van der Waals surface area contributed by atoms with Gasteiger partial charge in [0.15, 0.2) is 0 Å². The maximum atomic E-state index is 12.2. The molecule has 0 aliphatic heterocycles. The van der Waals surface area contributed by atoms with Crippen molar-refractivity contribution in [3.05, 3.63) is 119 Å². The van der Waals surface area contributed by atoms with Crippen LogP contribution in [-0.4, -0.2) is 22.2 Å². The highest BCUT2D eigenvalue weighted by atomic mass is 16.5. The van der Waals surface area contributed by atoms with Crippen molar-refractivity contribution in [3.63, 3.8) is 0 Å². The molecule has 2 N–H and O–H groups in total. The number of carbonyl (C=O) groups is 2. The molecule has 0 bridgehead atoms. The van der Waals surface area contributed by atoms with E-state index in [4.69, 9.17) is 9.47 Å². The van der Waals surface area contributed by atoms with Crippen molar-refractivity contribution in [2.75, 3.05) is 0 Å². The van der Waals surface area contributed by atoms with Crippen LogP contribution in [0.2, 0.25) is 0 Å². The molecule has 0 heterocycles. The molecule has 6 nitrogen and oxygen atoms in total. The van der Waals surface area contributed by atoms with E-state index in [1.807, 2.05) is 24.3 Å². The number of rotatable bonds is 6. The second-order valence-corrected chi connectivity index (χ2v) is 7.34. The predicted octanol–water partition coefficient (Wildman–Crippen LogP) is 5.13. The van der Waals surface area contributed by atoms with E-state index in [-0.39, 0.29) is 11.5 Å². The minimum absolute atomic E-state index is 0.0828. The molecule has 4 aromatic rings. The molecule has 33 heavy (non-hydrogen) atoms. The largest absolute Gasteiger partial charge is 0.508 e. The number of phenolic OH excluding ortho intramolecular Hbond substituents is 2. The van der Waals surface area contributed by atoms with Crippen molar-refractivity contribution < 1.29 is 29.3 Å². The van der Waals surface area contributed by atoms with Gasteiger partial charge in [-0.3, -0.25) is 0 Å². The van der Waals surface area contributed by atoms with Crippen molar-refractivity contribution in [1.82, 2.24) is 0 Å². The number of carbonyl (C=O) groups excluding carboxylic acids is 2. The Morgan fingerprint density at radius 3 is 1.18 bits per heavy atom. The van der Waals surface area contributed by atoms with Crippen molar-refractivity contribution in [2.45, 2.75) is 6.42 Å². The number of ether oxygens (including phenoxy) is 2. The number of aromatic hydroxyl groups is 2. The van der Waals surface area contributed by atoms with Crippen molar-refractivity contribution in [2.24, 2.45) is 0 Å². The molecule has 0 unspecified atom stereocenters. The van der Waals surface area contributed by atoms with Crippen LogP contribution in [0.1, 0.15) is 31.8 Å². The van der Waals surface area contributed by atoms with E-state index in [2.05, 4.69) is 0 Å². The van der Waals surface area contributed by atoms with Gasteiger partial charge in [-0.25, -0.2) is 9.59 Å². The topological polar surface area (TPSA) is 93.1 Å². The van der Waals surface area contributed by atoms with Crippen LogP contribution in [-0.2, 0) is 6.42 Å². The van der Waals surface area contributed by atoms with Crippen LogP contribution in [0.15, 0.2) is 97.1 Å². The van der Waals surface area contributed by atoms with Gasteiger partial charge in [-0.1, -0.05) is 24.3 Å². The first-order valence-electron chi connectivity index (χ1n) is 10.2. The van der Waals surface area contributed by atoms with Crippen LogP contribution >= 0.6 is 0 Å². The Hall–Kier alpha value is -4.58. The highest BCUT2D eigenvalue weighted by Gasteiger charge is 2.10. The molecule has 0 saturated carbocycles. The lowest BCUT2D eigenvalue weighted by Crippen LogP contribution is -2.08. The lowest BCUT2D eigenvalue weighted by molar-refractivity contribution is 0.0725. The first kappa shape index (κ1) is 21.6. The van der Waals surface area contributed by atoms with Gasteiger partial charge in [0.05, 0.1) is 11.1 Å². The monoisotopic (exact) mass is 440 g/mol. The lowest BCUT2D eigenvalue weighted by Gasteiger charge is -2.08. The lowest BCUT2D eigenvalue weighted by atomic mass is 10.0. The van der Waals surface area contributed by atoms with Crippen LogP contribution in [0.5, 0.6) is 23.0 Å². The molecular weight excluding hydrogens is 420 g/mol. The normalized spacial score (nSPS) is 10.4. The van der Waals surface area contributed by atoms with E-state index in [1.54, 1.807) is 24.3 Å². The van der Waals surface area contributed by atoms with Gasteiger partial charge in [0.2, 0.25) is 0 Å². The Bertz CT molecular complexity index is 1140. The van der Waals surface area contributed by atoms with E-state index in [9.17, 15) is 19.8 Å². The van der Waals surface area contributed by atoms with E-state index in [1.165, 1.54) is 48.5 Å². The third-order valence-corrected chi connectivity index (χ3v) is 4.88. The Kier molecular flexibility index (Phi) is 6.36. The summed E-state index contributed by atoms with van der Waals surface area (Å²) in [7, 11) is 0. The molecule has 0 aliphatic rings. The van der Waals surface area contributed by atoms with Gasteiger partial charge < -0.3 is 19.7 Å². The quantitative estimate of drug-likeness (QED) is 0.319. The molecule has 4 rings (SSSR count). The average molecular weight is 440 g/mol. The number of esters is 2. The van der Waals surface area contributed by atoms with E-state index >= 15 is 0 Å². The Labute approximate surface area is 190 Å². The second-order valence-electron chi connectivity index (χ2n) is 7.34. The Balaban J connectivity index is 1.33. The molecule has 0 saturated heterocycles. The Morgan fingerprint density at radius 1 is 0.515 bits per heavy atom. The number of hydrogen-bond acceptors (Lipinski definition) is 6. The third-order valence-electron chi connectivity index (χ3n) is 4.88. The number of benzene rings is 4. The van der Waals surface area contributed by atoms with Crippen LogP contribution in [0.4, 0.5) is 0 Å². The molecule has 0 atom stereocenters.